The highest BCUT2D eigenvalue weighted by atomic mass is 32.2. The molecule has 2 aliphatic rings. The van der Waals surface area contributed by atoms with Crippen LogP contribution in [0.5, 0.6) is 0 Å². The van der Waals surface area contributed by atoms with Gasteiger partial charge in [-0.25, -0.2) is 0 Å². The number of thioether (sulfide) groups is 1. The number of nitrogens with zero attached hydrogens (tertiary/aromatic N) is 1. The fourth-order valence-corrected chi connectivity index (χ4v) is 4.02. The van der Waals surface area contributed by atoms with Gasteiger partial charge in [0.2, 0.25) is 0 Å². The van der Waals surface area contributed by atoms with Crippen LogP contribution in [0.1, 0.15) is 37.3 Å². The van der Waals surface area contributed by atoms with E-state index in [-0.39, 0.29) is 0 Å². The van der Waals surface area contributed by atoms with Crippen LogP contribution in [-0.4, -0.2) is 23.7 Å². The summed E-state index contributed by atoms with van der Waals surface area (Å²) in [5, 5.41) is 0. The number of benzene rings is 1. The summed E-state index contributed by atoms with van der Waals surface area (Å²) in [5.74, 6) is 0. The summed E-state index contributed by atoms with van der Waals surface area (Å²) >= 11 is 1.89. The van der Waals surface area contributed by atoms with Crippen molar-refractivity contribution in [3.8, 4) is 0 Å². The minimum atomic E-state index is 0.705. The summed E-state index contributed by atoms with van der Waals surface area (Å²) in [6.45, 7) is 1.32. The van der Waals surface area contributed by atoms with Crippen LogP contribution in [0, 0.1) is 0 Å². The van der Waals surface area contributed by atoms with Crippen molar-refractivity contribution < 1.29 is 0 Å². The van der Waals surface area contributed by atoms with Gasteiger partial charge in [-0.05, 0) is 50.1 Å². The summed E-state index contributed by atoms with van der Waals surface area (Å²) < 4.78 is 0. The predicted octanol–water partition coefficient (Wildman–Crippen LogP) is 3.71. The van der Waals surface area contributed by atoms with E-state index in [4.69, 9.17) is 0 Å². The molecule has 2 aliphatic heterocycles. The average Bonchev–Trinajstić information content (AvgIpc) is 2.91. The van der Waals surface area contributed by atoms with Gasteiger partial charge >= 0.3 is 0 Å². The Kier molecular flexibility index (Phi) is 2.95. The van der Waals surface area contributed by atoms with Gasteiger partial charge in [-0.2, -0.15) is 0 Å². The van der Waals surface area contributed by atoms with Crippen molar-refractivity contribution in [2.45, 2.75) is 42.7 Å². The summed E-state index contributed by atoms with van der Waals surface area (Å²) in [6, 6.07) is 10.5. The molecule has 86 valence electrons. The fraction of sp³-hybridized carbons (Fsp3) is 0.571. The zero-order valence-electron chi connectivity index (χ0n) is 9.86. The van der Waals surface area contributed by atoms with Gasteiger partial charge in [0.1, 0.15) is 0 Å². The molecule has 2 heterocycles. The second kappa shape index (κ2) is 4.42. The van der Waals surface area contributed by atoms with E-state index in [9.17, 15) is 0 Å². The van der Waals surface area contributed by atoms with E-state index in [0.29, 0.717) is 6.04 Å². The molecule has 2 unspecified atom stereocenters. The third-order valence-corrected chi connectivity index (χ3v) is 4.91. The van der Waals surface area contributed by atoms with Crippen LogP contribution in [0.3, 0.4) is 0 Å². The molecule has 3 rings (SSSR count). The molecule has 0 spiro atoms. The van der Waals surface area contributed by atoms with Crippen LogP contribution in [0.25, 0.3) is 0 Å². The Labute approximate surface area is 102 Å². The highest BCUT2D eigenvalue weighted by Crippen LogP contribution is 2.43. The molecule has 2 heteroatoms. The molecule has 2 fully saturated rings. The van der Waals surface area contributed by atoms with Crippen molar-refractivity contribution in [1.82, 2.24) is 4.90 Å². The molecule has 2 atom stereocenters. The van der Waals surface area contributed by atoms with Crippen molar-refractivity contribution in [3.63, 3.8) is 0 Å². The van der Waals surface area contributed by atoms with Gasteiger partial charge in [0.15, 0.2) is 0 Å². The monoisotopic (exact) mass is 233 g/mol. The highest BCUT2D eigenvalue weighted by molar-refractivity contribution is 7.98. The van der Waals surface area contributed by atoms with E-state index in [2.05, 4.69) is 35.4 Å². The van der Waals surface area contributed by atoms with Crippen molar-refractivity contribution in [3.05, 3.63) is 29.8 Å². The van der Waals surface area contributed by atoms with Crippen LogP contribution in [-0.2, 0) is 0 Å². The van der Waals surface area contributed by atoms with Gasteiger partial charge in [0.05, 0.1) is 0 Å². The Morgan fingerprint density at radius 3 is 2.94 bits per heavy atom. The van der Waals surface area contributed by atoms with Crippen molar-refractivity contribution >= 4 is 11.8 Å². The van der Waals surface area contributed by atoms with E-state index in [1.54, 1.807) is 5.56 Å². The quantitative estimate of drug-likeness (QED) is 0.716. The lowest BCUT2D eigenvalue weighted by Crippen LogP contribution is -2.25. The molecule has 1 aromatic rings. The van der Waals surface area contributed by atoms with Crippen LogP contribution in [0.2, 0.25) is 0 Å². The van der Waals surface area contributed by atoms with E-state index >= 15 is 0 Å². The molecule has 0 aromatic heterocycles. The molecule has 16 heavy (non-hydrogen) atoms. The second-order valence-corrected chi connectivity index (χ2v) is 5.72. The Hall–Kier alpha value is -0.470. The van der Waals surface area contributed by atoms with Gasteiger partial charge in [-0.1, -0.05) is 18.2 Å². The van der Waals surface area contributed by atoms with Crippen LogP contribution >= 0.6 is 11.8 Å². The Morgan fingerprint density at radius 1 is 1.19 bits per heavy atom. The van der Waals surface area contributed by atoms with Gasteiger partial charge < -0.3 is 0 Å². The molecule has 0 bridgehead atoms. The molecule has 2 saturated heterocycles. The minimum Gasteiger partial charge on any atom is -0.293 e. The second-order valence-electron chi connectivity index (χ2n) is 4.87. The molecular weight excluding hydrogens is 214 g/mol. The molecule has 0 amide bonds. The van der Waals surface area contributed by atoms with Gasteiger partial charge in [0, 0.05) is 17.0 Å². The minimum absolute atomic E-state index is 0.705. The third-order valence-electron chi connectivity index (χ3n) is 4.09. The van der Waals surface area contributed by atoms with E-state index in [0.717, 1.165) is 6.04 Å². The molecule has 1 aromatic carbocycles. The van der Waals surface area contributed by atoms with Crippen molar-refractivity contribution in [1.29, 1.82) is 0 Å². The maximum Gasteiger partial charge on any atom is 0.0362 e. The predicted molar refractivity (Wildman–Crippen MR) is 69.9 cm³/mol. The Bertz CT molecular complexity index is 377. The molecule has 0 radical (unpaired) electrons. The summed E-state index contributed by atoms with van der Waals surface area (Å²) in [5.41, 5.74) is 1.57. The largest absolute Gasteiger partial charge is 0.293 e. The van der Waals surface area contributed by atoms with Crippen molar-refractivity contribution in [2.24, 2.45) is 0 Å². The van der Waals surface area contributed by atoms with Crippen LogP contribution in [0.15, 0.2) is 29.2 Å². The maximum absolute atomic E-state index is 2.75. The number of hydrogen-bond acceptors (Lipinski definition) is 2. The Morgan fingerprint density at radius 2 is 2.06 bits per heavy atom. The first-order valence-electron chi connectivity index (χ1n) is 6.29. The summed E-state index contributed by atoms with van der Waals surface area (Å²) in [4.78, 5) is 4.22. The fourth-order valence-electron chi connectivity index (χ4n) is 3.37. The van der Waals surface area contributed by atoms with Gasteiger partial charge in [-0.3, -0.25) is 4.90 Å². The van der Waals surface area contributed by atoms with E-state index in [1.807, 2.05) is 11.8 Å². The molecule has 0 N–H and O–H groups in total. The Balaban J connectivity index is 1.91. The SMILES string of the molecule is CSc1ccccc1C1CCC2CCCN21. The van der Waals surface area contributed by atoms with Gasteiger partial charge in [-0.15, -0.1) is 11.8 Å². The molecular formula is C14H19NS. The zero-order valence-corrected chi connectivity index (χ0v) is 10.7. The smallest absolute Gasteiger partial charge is 0.0362 e. The van der Waals surface area contributed by atoms with E-state index < -0.39 is 0 Å². The number of hydrogen-bond donors (Lipinski definition) is 0. The topological polar surface area (TPSA) is 3.24 Å². The summed E-state index contributed by atoms with van der Waals surface area (Å²) in [7, 11) is 0. The average molecular weight is 233 g/mol. The highest BCUT2D eigenvalue weighted by Gasteiger charge is 2.37. The molecule has 0 aliphatic carbocycles. The number of fused-ring (bicyclic) bond motifs is 1. The lowest BCUT2D eigenvalue weighted by atomic mass is 10.0. The van der Waals surface area contributed by atoms with Gasteiger partial charge in [0.25, 0.3) is 0 Å². The normalized spacial score (nSPS) is 29.6. The van der Waals surface area contributed by atoms with Crippen molar-refractivity contribution in [2.75, 3.05) is 12.8 Å². The lowest BCUT2D eigenvalue weighted by molar-refractivity contribution is 0.246. The zero-order chi connectivity index (χ0) is 11.0. The number of rotatable bonds is 2. The first-order chi connectivity index (χ1) is 7.90. The molecule has 0 saturated carbocycles. The first kappa shape index (κ1) is 10.7. The summed E-state index contributed by atoms with van der Waals surface area (Å²) in [6.07, 6.45) is 7.80. The maximum atomic E-state index is 2.75. The van der Waals surface area contributed by atoms with E-state index in [1.165, 1.54) is 37.1 Å². The standard InChI is InChI=1S/C14H19NS/c1-16-14-7-3-2-6-12(14)13-9-8-11-5-4-10-15(11)13/h2-3,6-7,11,13H,4-5,8-10H2,1H3. The molecule has 1 nitrogen and oxygen atoms in total. The van der Waals surface area contributed by atoms with Crippen LogP contribution < -0.4 is 0 Å². The lowest BCUT2D eigenvalue weighted by Gasteiger charge is -2.25. The van der Waals surface area contributed by atoms with Crippen LogP contribution in [0.4, 0.5) is 0 Å². The third kappa shape index (κ3) is 1.68. The first-order valence-corrected chi connectivity index (χ1v) is 7.51.